The van der Waals surface area contributed by atoms with E-state index >= 15 is 0 Å². The molecular formula is C13H23NO5. The van der Waals surface area contributed by atoms with Crippen molar-refractivity contribution in [2.75, 3.05) is 33.9 Å². The van der Waals surface area contributed by atoms with E-state index in [1.165, 1.54) is 7.11 Å². The molecule has 1 saturated heterocycles. The van der Waals surface area contributed by atoms with Crippen LogP contribution in [-0.4, -0.2) is 62.9 Å². The highest BCUT2D eigenvalue weighted by atomic mass is 16.5. The monoisotopic (exact) mass is 273 g/mol. The molecule has 0 aliphatic carbocycles. The van der Waals surface area contributed by atoms with Crippen LogP contribution in [0, 0.1) is 0 Å². The van der Waals surface area contributed by atoms with E-state index in [-0.39, 0.29) is 30.5 Å². The molecule has 0 spiro atoms. The summed E-state index contributed by atoms with van der Waals surface area (Å²) in [5.74, 6) is -0.388. The normalized spacial score (nSPS) is 22.3. The Balaban J connectivity index is 2.51. The fraction of sp³-hybridized carbons (Fsp3) is 0.846. The molecule has 0 saturated carbocycles. The van der Waals surface area contributed by atoms with Gasteiger partial charge in [-0.1, -0.05) is 0 Å². The molecule has 6 nitrogen and oxygen atoms in total. The Morgan fingerprint density at radius 3 is 2.53 bits per heavy atom. The number of nitrogens with zero attached hydrogens (tertiary/aromatic N) is 1. The van der Waals surface area contributed by atoms with Crippen LogP contribution in [0.25, 0.3) is 0 Å². The minimum Gasteiger partial charge on any atom is -0.469 e. The first-order chi connectivity index (χ1) is 9.08. The van der Waals surface area contributed by atoms with E-state index in [2.05, 4.69) is 4.74 Å². The summed E-state index contributed by atoms with van der Waals surface area (Å²) in [6, 6.07) is 0. The van der Waals surface area contributed by atoms with Crippen molar-refractivity contribution in [2.45, 2.75) is 38.4 Å². The number of methoxy groups -OCH3 is 2. The molecule has 0 N–H and O–H groups in total. The summed E-state index contributed by atoms with van der Waals surface area (Å²) in [7, 11) is 2.92. The Morgan fingerprint density at radius 1 is 1.26 bits per heavy atom. The number of hydrogen-bond donors (Lipinski definition) is 0. The summed E-state index contributed by atoms with van der Waals surface area (Å²) in [5, 5.41) is 0. The van der Waals surface area contributed by atoms with E-state index in [1.54, 1.807) is 12.0 Å². The molecule has 1 aliphatic heterocycles. The van der Waals surface area contributed by atoms with Crippen LogP contribution < -0.4 is 0 Å². The van der Waals surface area contributed by atoms with Gasteiger partial charge in [0.25, 0.3) is 5.91 Å². The van der Waals surface area contributed by atoms with Gasteiger partial charge in [-0.05, 0) is 19.8 Å². The van der Waals surface area contributed by atoms with Crippen LogP contribution in [0.15, 0.2) is 0 Å². The summed E-state index contributed by atoms with van der Waals surface area (Å²) < 4.78 is 15.1. The van der Waals surface area contributed by atoms with Crippen LogP contribution >= 0.6 is 0 Å². The molecule has 110 valence electrons. The third-order valence-corrected chi connectivity index (χ3v) is 3.20. The summed E-state index contributed by atoms with van der Waals surface area (Å²) in [5.41, 5.74) is 0. The van der Waals surface area contributed by atoms with E-state index in [9.17, 15) is 9.59 Å². The number of amides is 1. The molecule has 0 bridgehead atoms. The molecule has 0 aromatic carbocycles. The Hall–Kier alpha value is -1.14. The number of carbonyl (C=O) groups is 2. The lowest BCUT2D eigenvalue weighted by Crippen LogP contribution is -2.42. The molecule has 2 atom stereocenters. The Bertz CT molecular complexity index is 307. The number of hydrogen-bond acceptors (Lipinski definition) is 5. The third-order valence-electron chi connectivity index (χ3n) is 3.20. The highest BCUT2D eigenvalue weighted by Crippen LogP contribution is 2.21. The lowest BCUT2D eigenvalue weighted by molar-refractivity contribution is -0.146. The maximum Gasteiger partial charge on any atom is 0.307 e. The summed E-state index contributed by atoms with van der Waals surface area (Å²) in [6.45, 7) is 3.19. The van der Waals surface area contributed by atoms with Gasteiger partial charge in [-0.2, -0.15) is 0 Å². The van der Waals surface area contributed by atoms with Gasteiger partial charge >= 0.3 is 5.97 Å². The van der Waals surface area contributed by atoms with Gasteiger partial charge in [-0.15, -0.1) is 0 Å². The minimum absolute atomic E-state index is 0.0645. The maximum atomic E-state index is 12.3. The zero-order chi connectivity index (χ0) is 14.3. The number of esters is 1. The second-order valence-electron chi connectivity index (χ2n) is 4.66. The van der Waals surface area contributed by atoms with Crippen LogP contribution in [0.5, 0.6) is 0 Å². The molecule has 1 fully saturated rings. The Labute approximate surface area is 114 Å². The first kappa shape index (κ1) is 15.9. The smallest absolute Gasteiger partial charge is 0.307 e. The number of carbonyl (C=O) groups excluding carboxylic acids is 2. The second kappa shape index (κ2) is 8.12. The average Bonchev–Trinajstić information content (AvgIpc) is 2.84. The average molecular weight is 273 g/mol. The standard InChI is InChI=1S/C13H23NO5/c1-10-4-5-11(19-10)13(16)14(8-9-17-2)7-6-12(15)18-3/h10-11H,4-9H2,1-3H3. The van der Waals surface area contributed by atoms with E-state index in [0.29, 0.717) is 19.7 Å². The molecule has 0 aromatic heterocycles. The third kappa shape index (κ3) is 5.16. The van der Waals surface area contributed by atoms with E-state index in [4.69, 9.17) is 9.47 Å². The van der Waals surface area contributed by atoms with Gasteiger partial charge in [0, 0.05) is 20.2 Å². The van der Waals surface area contributed by atoms with Gasteiger partial charge < -0.3 is 19.1 Å². The molecular weight excluding hydrogens is 250 g/mol. The van der Waals surface area contributed by atoms with Crippen molar-refractivity contribution in [3.8, 4) is 0 Å². The first-order valence-electron chi connectivity index (χ1n) is 6.58. The first-order valence-corrected chi connectivity index (χ1v) is 6.58. The molecule has 1 heterocycles. The molecule has 1 aliphatic rings. The summed E-state index contributed by atoms with van der Waals surface area (Å²) in [6.07, 6.45) is 1.56. The van der Waals surface area contributed by atoms with Crippen LogP contribution in [0.3, 0.4) is 0 Å². The minimum atomic E-state index is -0.385. The van der Waals surface area contributed by atoms with Gasteiger partial charge in [0.05, 0.1) is 26.2 Å². The number of rotatable bonds is 7. The zero-order valence-electron chi connectivity index (χ0n) is 11.9. The van der Waals surface area contributed by atoms with Gasteiger partial charge in [0.1, 0.15) is 6.10 Å². The molecule has 1 amide bonds. The van der Waals surface area contributed by atoms with E-state index in [1.807, 2.05) is 6.92 Å². The van der Waals surface area contributed by atoms with E-state index in [0.717, 1.165) is 12.8 Å². The van der Waals surface area contributed by atoms with Crippen molar-refractivity contribution in [2.24, 2.45) is 0 Å². The van der Waals surface area contributed by atoms with Crippen molar-refractivity contribution in [1.82, 2.24) is 4.90 Å². The van der Waals surface area contributed by atoms with Crippen LogP contribution in [0.4, 0.5) is 0 Å². The van der Waals surface area contributed by atoms with E-state index < -0.39 is 0 Å². The Morgan fingerprint density at radius 2 is 2.00 bits per heavy atom. The van der Waals surface area contributed by atoms with Gasteiger partial charge in [0.2, 0.25) is 0 Å². The van der Waals surface area contributed by atoms with Crippen molar-refractivity contribution in [3.05, 3.63) is 0 Å². The highest BCUT2D eigenvalue weighted by Gasteiger charge is 2.31. The highest BCUT2D eigenvalue weighted by molar-refractivity contribution is 5.81. The van der Waals surface area contributed by atoms with Crippen LogP contribution in [0.2, 0.25) is 0 Å². The largest absolute Gasteiger partial charge is 0.469 e. The summed E-state index contributed by atoms with van der Waals surface area (Å²) >= 11 is 0. The Kier molecular flexibility index (Phi) is 6.80. The number of ether oxygens (including phenoxy) is 3. The van der Waals surface area contributed by atoms with Crippen LogP contribution in [-0.2, 0) is 23.8 Å². The van der Waals surface area contributed by atoms with Crippen molar-refractivity contribution in [3.63, 3.8) is 0 Å². The molecule has 0 aromatic rings. The molecule has 1 rings (SSSR count). The van der Waals surface area contributed by atoms with Crippen molar-refractivity contribution in [1.29, 1.82) is 0 Å². The lowest BCUT2D eigenvalue weighted by Gasteiger charge is -2.25. The molecule has 0 radical (unpaired) electrons. The molecule has 2 unspecified atom stereocenters. The predicted octanol–water partition coefficient (Wildman–Crippen LogP) is 0.592. The molecule has 19 heavy (non-hydrogen) atoms. The predicted molar refractivity (Wildman–Crippen MR) is 68.7 cm³/mol. The van der Waals surface area contributed by atoms with Gasteiger partial charge in [-0.3, -0.25) is 9.59 Å². The van der Waals surface area contributed by atoms with Crippen molar-refractivity contribution < 1.29 is 23.8 Å². The quantitative estimate of drug-likeness (QED) is 0.635. The maximum absolute atomic E-state index is 12.3. The topological polar surface area (TPSA) is 65.1 Å². The fourth-order valence-electron chi connectivity index (χ4n) is 2.05. The fourth-order valence-corrected chi connectivity index (χ4v) is 2.05. The SMILES string of the molecule is COCCN(CCC(=O)OC)C(=O)C1CCC(C)O1. The van der Waals surface area contributed by atoms with Crippen molar-refractivity contribution >= 4 is 11.9 Å². The van der Waals surface area contributed by atoms with Crippen LogP contribution in [0.1, 0.15) is 26.2 Å². The second-order valence-corrected chi connectivity index (χ2v) is 4.66. The molecule has 6 heteroatoms. The van der Waals surface area contributed by atoms with Gasteiger partial charge in [0.15, 0.2) is 0 Å². The van der Waals surface area contributed by atoms with Gasteiger partial charge in [-0.25, -0.2) is 0 Å². The zero-order valence-corrected chi connectivity index (χ0v) is 11.9. The lowest BCUT2D eigenvalue weighted by atomic mass is 10.2. The summed E-state index contributed by atoms with van der Waals surface area (Å²) in [4.78, 5) is 25.1.